The molecule has 0 N–H and O–H groups in total. The topological polar surface area (TPSA) is 52.3 Å². The van der Waals surface area contributed by atoms with E-state index in [1.807, 2.05) is 59.1 Å². The fourth-order valence-electron chi connectivity index (χ4n) is 3.26. The van der Waals surface area contributed by atoms with Crippen molar-refractivity contribution in [2.24, 2.45) is 0 Å². The molecule has 0 aliphatic rings. The monoisotopic (exact) mass is 352 g/mol. The molecule has 0 amide bonds. The first-order chi connectivity index (χ1) is 13.3. The molecule has 0 atom stereocenters. The lowest BCUT2D eigenvalue weighted by atomic mass is 10.1. The average molecular weight is 352 g/mol. The van der Waals surface area contributed by atoms with Crippen LogP contribution in [0.2, 0.25) is 0 Å². The van der Waals surface area contributed by atoms with Crippen LogP contribution in [0.3, 0.4) is 0 Å². The maximum atomic E-state index is 5.40. The highest BCUT2D eigenvalue weighted by Gasteiger charge is 2.15. The average Bonchev–Trinajstić information content (AvgIpc) is 3.12. The summed E-state index contributed by atoms with van der Waals surface area (Å²) in [5.74, 6) is 0.800. The van der Waals surface area contributed by atoms with E-state index in [9.17, 15) is 0 Å². The molecule has 0 bridgehead atoms. The lowest BCUT2D eigenvalue weighted by molar-refractivity contribution is 0.415. The first kappa shape index (κ1) is 15.5. The van der Waals surface area contributed by atoms with Gasteiger partial charge in [-0.15, -0.1) is 5.10 Å². The Kier molecular flexibility index (Phi) is 3.57. The summed E-state index contributed by atoms with van der Waals surface area (Å²) >= 11 is 0. The second kappa shape index (κ2) is 6.21. The number of pyridine rings is 1. The molecule has 0 fully saturated rings. The number of hydrogen-bond acceptors (Lipinski definition) is 4. The van der Waals surface area contributed by atoms with Crippen molar-refractivity contribution in [2.45, 2.75) is 0 Å². The quantitative estimate of drug-likeness (QED) is 0.475. The maximum absolute atomic E-state index is 5.40. The smallest absolute Gasteiger partial charge is 0.183 e. The SMILES string of the molecule is COc1cccc(-c2cc(-c3ccccc3)nc3c4cccnc4nn23)c1. The molecule has 0 saturated heterocycles. The predicted octanol–water partition coefficient (Wildman–Crippen LogP) is 4.62. The van der Waals surface area contributed by atoms with Crippen LogP contribution in [-0.4, -0.2) is 26.7 Å². The molecule has 5 nitrogen and oxygen atoms in total. The van der Waals surface area contributed by atoms with Crippen LogP contribution in [0.5, 0.6) is 5.75 Å². The van der Waals surface area contributed by atoms with E-state index in [-0.39, 0.29) is 0 Å². The van der Waals surface area contributed by atoms with Crippen molar-refractivity contribution in [3.05, 3.63) is 79.0 Å². The zero-order chi connectivity index (χ0) is 18.2. The molecule has 2 aromatic carbocycles. The Morgan fingerprint density at radius 2 is 1.70 bits per heavy atom. The fourth-order valence-corrected chi connectivity index (χ4v) is 3.26. The third-order valence-corrected chi connectivity index (χ3v) is 4.59. The Morgan fingerprint density at radius 3 is 2.56 bits per heavy atom. The third-order valence-electron chi connectivity index (χ3n) is 4.59. The molecule has 5 rings (SSSR count). The number of benzene rings is 2. The summed E-state index contributed by atoms with van der Waals surface area (Å²) in [4.78, 5) is 9.28. The fraction of sp³-hybridized carbons (Fsp3) is 0.0455. The van der Waals surface area contributed by atoms with Crippen LogP contribution in [0, 0.1) is 0 Å². The lowest BCUT2D eigenvalue weighted by Crippen LogP contribution is -1.98. The molecular weight excluding hydrogens is 336 g/mol. The van der Waals surface area contributed by atoms with Gasteiger partial charge in [0.1, 0.15) is 5.75 Å². The van der Waals surface area contributed by atoms with Gasteiger partial charge in [0.25, 0.3) is 0 Å². The summed E-state index contributed by atoms with van der Waals surface area (Å²) in [6.45, 7) is 0. The van der Waals surface area contributed by atoms with Gasteiger partial charge in [0.05, 0.1) is 23.9 Å². The zero-order valence-corrected chi connectivity index (χ0v) is 14.7. The predicted molar refractivity (Wildman–Crippen MR) is 106 cm³/mol. The van der Waals surface area contributed by atoms with Crippen LogP contribution in [0.15, 0.2) is 79.0 Å². The summed E-state index contributed by atoms with van der Waals surface area (Å²) < 4.78 is 7.26. The van der Waals surface area contributed by atoms with Gasteiger partial charge in [-0.05, 0) is 30.3 Å². The van der Waals surface area contributed by atoms with Crippen molar-refractivity contribution in [3.63, 3.8) is 0 Å². The standard InChI is InChI=1S/C22H16N4O/c1-27-17-10-5-9-16(13-17)20-14-19(15-7-3-2-4-8-15)24-22-18-11-6-12-23-21(18)25-26(20)22/h2-14H,1H3. The Hall–Kier alpha value is -3.73. The Balaban J connectivity index is 1.87. The highest BCUT2D eigenvalue weighted by molar-refractivity contribution is 5.91. The van der Waals surface area contributed by atoms with Gasteiger partial charge in [-0.2, -0.15) is 0 Å². The minimum absolute atomic E-state index is 0.680. The third kappa shape index (κ3) is 2.60. The van der Waals surface area contributed by atoms with Gasteiger partial charge in [-0.3, -0.25) is 0 Å². The molecule has 0 radical (unpaired) electrons. The van der Waals surface area contributed by atoms with E-state index in [2.05, 4.69) is 28.3 Å². The Labute approximate surface area is 155 Å². The van der Waals surface area contributed by atoms with Crippen LogP contribution in [0.1, 0.15) is 0 Å². The van der Waals surface area contributed by atoms with Crippen molar-refractivity contribution in [2.75, 3.05) is 7.11 Å². The van der Waals surface area contributed by atoms with Crippen LogP contribution in [-0.2, 0) is 0 Å². The highest BCUT2D eigenvalue weighted by atomic mass is 16.5. The van der Waals surface area contributed by atoms with Gasteiger partial charge in [0.2, 0.25) is 0 Å². The number of aromatic nitrogens is 4. The number of nitrogens with zero attached hydrogens (tertiary/aromatic N) is 4. The zero-order valence-electron chi connectivity index (χ0n) is 14.7. The van der Waals surface area contributed by atoms with Gasteiger partial charge >= 0.3 is 0 Å². The van der Waals surface area contributed by atoms with E-state index in [0.717, 1.165) is 39.3 Å². The van der Waals surface area contributed by atoms with Crippen LogP contribution in [0.25, 0.3) is 39.2 Å². The normalized spacial score (nSPS) is 11.1. The van der Waals surface area contributed by atoms with Crippen molar-refractivity contribution in [1.82, 2.24) is 19.6 Å². The van der Waals surface area contributed by atoms with Gasteiger partial charge in [0, 0.05) is 17.3 Å². The van der Waals surface area contributed by atoms with Crippen molar-refractivity contribution >= 4 is 16.7 Å². The summed E-state index contributed by atoms with van der Waals surface area (Å²) in [6, 6.07) is 24.1. The van der Waals surface area contributed by atoms with Gasteiger partial charge in [-0.25, -0.2) is 14.5 Å². The molecular formula is C22H16N4O. The molecule has 5 aromatic rings. The molecule has 3 heterocycles. The number of ether oxygens (including phenoxy) is 1. The summed E-state index contributed by atoms with van der Waals surface area (Å²) in [6.07, 6.45) is 1.75. The van der Waals surface area contributed by atoms with E-state index in [4.69, 9.17) is 9.72 Å². The lowest BCUT2D eigenvalue weighted by Gasteiger charge is -2.10. The van der Waals surface area contributed by atoms with E-state index in [1.165, 1.54) is 0 Å². The van der Waals surface area contributed by atoms with E-state index >= 15 is 0 Å². The number of fused-ring (bicyclic) bond motifs is 3. The van der Waals surface area contributed by atoms with E-state index in [0.29, 0.717) is 5.65 Å². The number of rotatable bonds is 3. The first-order valence-electron chi connectivity index (χ1n) is 8.68. The van der Waals surface area contributed by atoms with Crippen molar-refractivity contribution < 1.29 is 4.74 Å². The van der Waals surface area contributed by atoms with E-state index < -0.39 is 0 Å². The Bertz CT molecular complexity index is 1260. The molecule has 0 unspecified atom stereocenters. The second-order valence-corrected chi connectivity index (χ2v) is 6.23. The minimum Gasteiger partial charge on any atom is -0.497 e. The molecule has 0 aliphatic heterocycles. The number of methoxy groups -OCH3 is 1. The van der Waals surface area contributed by atoms with Crippen molar-refractivity contribution in [3.8, 4) is 28.3 Å². The van der Waals surface area contributed by atoms with Gasteiger partial charge in [0.15, 0.2) is 11.3 Å². The van der Waals surface area contributed by atoms with Gasteiger partial charge < -0.3 is 4.74 Å². The van der Waals surface area contributed by atoms with Crippen LogP contribution < -0.4 is 4.74 Å². The second-order valence-electron chi connectivity index (χ2n) is 6.23. The number of hydrogen-bond donors (Lipinski definition) is 0. The minimum atomic E-state index is 0.680. The molecule has 130 valence electrons. The summed E-state index contributed by atoms with van der Waals surface area (Å²) in [5.41, 5.74) is 5.37. The molecule has 0 aliphatic carbocycles. The summed E-state index contributed by atoms with van der Waals surface area (Å²) in [5, 5.41) is 5.61. The van der Waals surface area contributed by atoms with E-state index in [1.54, 1.807) is 13.3 Å². The maximum Gasteiger partial charge on any atom is 0.183 e. The van der Waals surface area contributed by atoms with Crippen LogP contribution in [0.4, 0.5) is 0 Å². The summed E-state index contributed by atoms with van der Waals surface area (Å²) in [7, 11) is 1.67. The molecule has 5 heteroatoms. The Morgan fingerprint density at radius 1 is 0.852 bits per heavy atom. The molecule has 0 saturated carbocycles. The van der Waals surface area contributed by atoms with Crippen molar-refractivity contribution in [1.29, 1.82) is 0 Å². The molecule has 3 aromatic heterocycles. The molecule has 0 spiro atoms. The first-order valence-corrected chi connectivity index (χ1v) is 8.68. The molecule has 27 heavy (non-hydrogen) atoms. The highest BCUT2D eigenvalue weighted by Crippen LogP contribution is 2.30. The van der Waals surface area contributed by atoms with Crippen LogP contribution >= 0.6 is 0 Å². The largest absolute Gasteiger partial charge is 0.497 e. The van der Waals surface area contributed by atoms with Gasteiger partial charge in [-0.1, -0.05) is 42.5 Å².